The van der Waals surface area contributed by atoms with Gasteiger partial charge in [0.2, 0.25) is 5.88 Å². The zero-order valence-corrected chi connectivity index (χ0v) is 17.8. The van der Waals surface area contributed by atoms with Crippen LogP contribution < -0.4 is 21.7 Å². The van der Waals surface area contributed by atoms with Gasteiger partial charge in [-0.25, -0.2) is 9.78 Å². The molecule has 0 aliphatic carbocycles. The molecule has 0 bridgehead atoms. The molecule has 0 saturated carbocycles. The number of aromatic amines is 2. The summed E-state index contributed by atoms with van der Waals surface area (Å²) in [5, 5.41) is 18.7. The largest absolute Gasteiger partial charge is 0.493 e. The SMILES string of the molecule is O=c1[nH]c(O)c(/C=c2/cnn3c(=NCc4ccccn4)cc(Nc4cccc(Cl)c4)nc23)[nH]1. The van der Waals surface area contributed by atoms with Gasteiger partial charge < -0.3 is 15.4 Å². The maximum Gasteiger partial charge on any atom is 0.326 e. The molecule has 0 radical (unpaired) electrons. The number of hydrogen-bond donors (Lipinski definition) is 4. The number of fused-ring (bicyclic) bond motifs is 1. The first-order chi connectivity index (χ1) is 16.0. The standard InChI is InChI=1S/C22H17ClN8O2/c23-14-4-3-6-15(9-14)27-18-10-19(25-12-16-5-1-2-7-24-16)31-20(29-18)13(11-26-31)8-17-21(32)30-22(33)28-17/h1-11,27,32H,12H2,(H2,28,30,33)/b13-8-,25-19?. The van der Waals surface area contributed by atoms with E-state index in [1.807, 2.05) is 30.3 Å². The van der Waals surface area contributed by atoms with E-state index in [1.165, 1.54) is 0 Å². The first kappa shape index (κ1) is 20.5. The van der Waals surface area contributed by atoms with Crippen molar-refractivity contribution in [1.29, 1.82) is 0 Å². The van der Waals surface area contributed by atoms with Crippen molar-refractivity contribution in [2.75, 3.05) is 5.32 Å². The fourth-order valence-corrected chi connectivity index (χ4v) is 3.45. The number of aromatic nitrogens is 6. The van der Waals surface area contributed by atoms with E-state index in [4.69, 9.17) is 11.6 Å². The number of hydrogen-bond acceptors (Lipinski definition) is 7. The molecular weight excluding hydrogens is 444 g/mol. The van der Waals surface area contributed by atoms with E-state index in [2.05, 4.69) is 35.3 Å². The number of nitrogens with one attached hydrogen (secondary N) is 3. The van der Waals surface area contributed by atoms with Gasteiger partial charge in [0.05, 0.1) is 18.4 Å². The molecule has 0 saturated heterocycles. The second kappa shape index (κ2) is 8.60. The van der Waals surface area contributed by atoms with Crippen molar-refractivity contribution in [1.82, 2.24) is 29.5 Å². The van der Waals surface area contributed by atoms with Crippen molar-refractivity contribution in [3.63, 3.8) is 0 Å². The van der Waals surface area contributed by atoms with Crippen molar-refractivity contribution in [2.45, 2.75) is 6.54 Å². The fourth-order valence-electron chi connectivity index (χ4n) is 3.26. The van der Waals surface area contributed by atoms with Gasteiger partial charge >= 0.3 is 5.69 Å². The summed E-state index contributed by atoms with van der Waals surface area (Å²) < 4.78 is 1.58. The van der Waals surface area contributed by atoms with Crippen LogP contribution in [-0.2, 0) is 6.54 Å². The molecule has 0 aliphatic heterocycles. The maximum absolute atomic E-state index is 11.5. The van der Waals surface area contributed by atoms with E-state index < -0.39 is 5.69 Å². The molecule has 0 fully saturated rings. The molecule has 10 nitrogen and oxygen atoms in total. The maximum atomic E-state index is 11.5. The minimum absolute atomic E-state index is 0.219. The Labute approximate surface area is 191 Å². The number of H-pyrrole nitrogens is 2. The molecule has 5 rings (SSSR count). The van der Waals surface area contributed by atoms with Crippen LogP contribution in [0.1, 0.15) is 11.4 Å². The van der Waals surface area contributed by atoms with Crippen molar-refractivity contribution >= 4 is 34.8 Å². The first-order valence-electron chi connectivity index (χ1n) is 9.90. The molecule has 1 aromatic carbocycles. The summed E-state index contributed by atoms with van der Waals surface area (Å²) in [4.78, 5) is 29.9. The van der Waals surface area contributed by atoms with Gasteiger partial charge in [-0.05, 0) is 36.4 Å². The Bertz CT molecular complexity index is 1620. The van der Waals surface area contributed by atoms with Crippen molar-refractivity contribution in [2.24, 2.45) is 4.99 Å². The van der Waals surface area contributed by atoms with Crippen molar-refractivity contribution in [3.8, 4) is 5.88 Å². The lowest BCUT2D eigenvalue weighted by molar-refractivity contribution is 0.454. The van der Waals surface area contributed by atoms with Gasteiger partial charge in [0.25, 0.3) is 0 Å². The zero-order valence-electron chi connectivity index (χ0n) is 17.0. The lowest BCUT2D eigenvalue weighted by Gasteiger charge is -2.07. The highest BCUT2D eigenvalue weighted by molar-refractivity contribution is 6.30. The van der Waals surface area contributed by atoms with Gasteiger partial charge in [-0.3, -0.25) is 15.0 Å². The Balaban J connectivity index is 1.66. The van der Waals surface area contributed by atoms with Gasteiger partial charge in [0.15, 0.2) is 11.1 Å². The minimum Gasteiger partial charge on any atom is -0.493 e. The molecule has 33 heavy (non-hydrogen) atoms. The van der Waals surface area contributed by atoms with Crippen molar-refractivity contribution < 1.29 is 5.11 Å². The molecule has 4 N–H and O–H groups in total. The predicted molar refractivity (Wildman–Crippen MR) is 123 cm³/mol. The molecule has 4 aromatic heterocycles. The highest BCUT2D eigenvalue weighted by Crippen LogP contribution is 2.18. The molecule has 0 unspecified atom stereocenters. The Morgan fingerprint density at radius 1 is 1.18 bits per heavy atom. The van der Waals surface area contributed by atoms with Crippen LogP contribution in [0.2, 0.25) is 5.02 Å². The van der Waals surface area contributed by atoms with Crippen LogP contribution >= 0.6 is 11.6 Å². The van der Waals surface area contributed by atoms with Crippen LogP contribution in [0.5, 0.6) is 5.88 Å². The zero-order chi connectivity index (χ0) is 22.8. The number of pyridine rings is 1. The smallest absolute Gasteiger partial charge is 0.326 e. The number of rotatable bonds is 5. The van der Waals surface area contributed by atoms with Crippen molar-refractivity contribution in [3.05, 3.63) is 98.5 Å². The average molecular weight is 461 g/mol. The molecule has 0 spiro atoms. The van der Waals surface area contributed by atoms with E-state index in [-0.39, 0.29) is 11.6 Å². The fraction of sp³-hybridized carbons (Fsp3) is 0.0455. The highest BCUT2D eigenvalue weighted by atomic mass is 35.5. The second-order valence-corrected chi connectivity index (χ2v) is 7.53. The summed E-state index contributed by atoms with van der Waals surface area (Å²) in [7, 11) is 0. The van der Waals surface area contributed by atoms with Crippen LogP contribution in [0, 0.1) is 0 Å². The number of benzene rings is 1. The molecule has 4 heterocycles. The Morgan fingerprint density at radius 3 is 2.85 bits per heavy atom. The molecular formula is C22H17ClN8O2. The summed E-state index contributed by atoms with van der Waals surface area (Å²) in [5.74, 6) is 0.249. The third-order valence-electron chi connectivity index (χ3n) is 4.74. The Hall–Kier alpha value is -4.44. The van der Waals surface area contributed by atoms with Crippen LogP contribution in [0.25, 0.3) is 11.7 Å². The molecule has 164 valence electrons. The van der Waals surface area contributed by atoms with Gasteiger partial charge in [-0.2, -0.15) is 9.61 Å². The molecule has 5 aromatic rings. The molecule has 0 amide bonds. The average Bonchev–Trinajstić information content (AvgIpc) is 3.35. The van der Waals surface area contributed by atoms with Crippen LogP contribution in [0.15, 0.2) is 70.7 Å². The van der Waals surface area contributed by atoms with Gasteiger partial charge in [0, 0.05) is 28.2 Å². The van der Waals surface area contributed by atoms with E-state index >= 15 is 0 Å². The number of anilines is 2. The normalized spacial score (nSPS) is 12.5. The van der Waals surface area contributed by atoms with E-state index in [0.29, 0.717) is 33.7 Å². The predicted octanol–water partition coefficient (Wildman–Crippen LogP) is 1.89. The van der Waals surface area contributed by atoms with E-state index in [1.54, 1.807) is 41.2 Å². The van der Waals surface area contributed by atoms with Gasteiger partial charge in [-0.1, -0.05) is 23.7 Å². The summed E-state index contributed by atoms with van der Waals surface area (Å²) in [6.07, 6.45) is 4.87. The summed E-state index contributed by atoms with van der Waals surface area (Å²) >= 11 is 6.11. The highest BCUT2D eigenvalue weighted by Gasteiger charge is 2.09. The van der Waals surface area contributed by atoms with E-state index in [0.717, 1.165) is 11.4 Å². The number of aromatic hydroxyl groups is 1. The van der Waals surface area contributed by atoms with Gasteiger partial charge in [-0.15, -0.1) is 0 Å². The molecule has 0 aliphatic rings. The second-order valence-electron chi connectivity index (χ2n) is 7.09. The molecule has 0 atom stereocenters. The molecule has 11 heteroatoms. The number of nitrogens with zero attached hydrogens (tertiary/aromatic N) is 5. The minimum atomic E-state index is -0.516. The van der Waals surface area contributed by atoms with Crippen LogP contribution in [-0.4, -0.2) is 34.7 Å². The van der Waals surface area contributed by atoms with Crippen LogP contribution in [0.3, 0.4) is 0 Å². The topological polar surface area (TPSA) is 136 Å². The van der Waals surface area contributed by atoms with E-state index in [9.17, 15) is 9.90 Å². The lowest BCUT2D eigenvalue weighted by atomic mass is 10.3. The quantitative estimate of drug-likeness (QED) is 0.316. The number of halogens is 1. The monoisotopic (exact) mass is 460 g/mol. The third-order valence-corrected chi connectivity index (χ3v) is 4.98. The Kier molecular flexibility index (Phi) is 5.33. The Morgan fingerprint density at radius 2 is 2.09 bits per heavy atom. The lowest BCUT2D eigenvalue weighted by Crippen LogP contribution is -2.19. The van der Waals surface area contributed by atoms with Gasteiger partial charge in [0.1, 0.15) is 11.5 Å². The van der Waals surface area contributed by atoms with Crippen LogP contribution in [0.4, 0.5) is 11.5 Å². The summed E-state index contributed by atoms with van der Waals surface area (Å²) in [6, 6.07) is 14.7. The summed E-state index contributed by atoms with van der Waals surface area (Å²) in [5.41, 5.74) is 2.28. The number of imidazole rings is 1. The third kappa shape index (κ3) is 4.46. The summed E-state index contributed by atoms with van der Waals surface area (Å²) in [6.45, 7) is 0.349. The first-order valence-corrected chi connectivity index (χ1v) is 10.3.